The van der Waals surface area contributed by atoms with Gasteiger partial charge in [-0.25, -0.2) is 4.79 Å². The summed E-state index contributed by atoms with van der Waals surface area (Å²) in [6.07, 6.45) is 3.59. The molecule has 1 aliphatic rings. The van der Waals surface area contributed by atoms with Crippen molar-refractivity contribution in [2.45, 2.75) is 52.5 Å². The summed E-state index contributed by atoms with van der Waals surface area (Å²) in [5, 5.41) is 11.8. The molecule has 5 heteroatoms. The molecule has 0 bridgehead atoms. The lowest BCUT2D eigenvalue weighted by molar-refractivity contribution is -0.138. The Morgan fingerprint density at radius 2 is 1.95 bits per heavy atom. The van der Waals surface area contributed by atoms with Crippen molar-refractivity contribution in [1.82, 2.24) is 10.2 Å². The molecule has 0 aromatic carbocycles. The van der Waals surface area contributed by atoms with E-state index in [4.69, 9.17) is 5.11 Å². The highest BCUT2D eigenvalue weighted by Gasteiger charge is 2.30. The van der Waals surface area contributed by atoms with E-state index in [1.807, 2.05) is 20.8 Å². The molecule has 1 saturated carbocycles. The van der Waals surface area contributed by atoms with Gasteiger partial charge in [-0.05, 0) is 39.0 Å². The van der Waals surface area contributed by atoms with Gasteiger partial charge >= 0.3 is 12.0 Å². The average Bonchev–Trinajstić information content (AvgIpc) is 2.67. The first-order valence-electron chi connectivity index (χ1n) is 6.99. The van der Waals surface area contributed by atoms with E-state index in [-0.39, 0.29) is 12.6 Å². The lowest BCUT2D eigenvalue weighted by Crippen LogP contribution is -2.53. The maximum Gasteiger partial charge on any atom is 0.323 e. The first-order valence-corrected chi connectivity index (χ1v) is 6.99. The van der Waals surface area contributed by atoms with Crippen LogP contribution in [0.25, 0.3) is 0 Å². The van der Waals surface area contributed by atoms with E-state index in [9.17, 15) is 9.59 Å². The lowest BCUT2D eigenvalue weighted by Gasteiger charge is -2.34. The van der Waals surface area contributed by atoms with Crippen LogP contribution >= 0.6 is 0 Å². The molecule has 2 unspecified atom stereocenters. The second-order valence-electron chi connectivity index (χ2n) is 6.51. The smallest absolute Gasteiger partial charge is 0.323 e. The van der Waals surface area contributed by atoms with Gasteiger partial charge in [0.1, 0.15) is 6.54 Å². The Bertz CT molecular complexity index is 336. The van der Waals surface area contributed by atoms with Gasteiger partial charge in [0.15, 0.2) is 0 Å². The molecular weight excluding hydrogens is 244 g/mol. The van der Waals surface area contributed by atoms with Crippen molar-refractivity contribution >= 4 is 12.0 Å². The second-order valence-corrected chi connectivity index (χ2v) is 6.51. The van der Waals surface area contributed by atoms with E-state index in [2.05, 4.69) is 12.2 Å². The maximum atomic E-state index is 12.1. The van der Waals surface area contributed by atoms with Crippen molar-refractivity contribution in [2.24, 2.45) is 11.8 Å². The molecule has 0 aromatic rings. The number of hydrogen-bond donors (Lipinski definition) is 2. The first kappa shape index (κ1) is 15.8. The summed E-state index contributed by atoms with van der Waals surface area (Å²) in [6.45, 7) is 8.11. The maximum absolute atomic E-state index is 12.1. The van der Waals surface area contributed by atoms with Gasteiger partial charge in [-0.15, -0.1) is 0 Å². The largest absolute Gasteiger partial charge is 0.480 e. The molecule has 0 heterocycles. The van der Waals surface area contributed by atoms with Gasteiger partial charge in [-0.3, -0.25) is 4.79 Å². The summed E-state index contributed by atoms with van der Waals surface area (Å²) < 4.78 is 0. The van der Waals surface area contributed by atoms with Gasteiger partial charge in [0.05, 0.1) is 0 Å². The summed E-state index contributed by atoms with van der Waals surface area (Å²) in [5.41, 5.74) is -0.496. The van der Waals surface area contributed by atoms with E-state index in [0.717, 1.165) is 6.42 Å². The zero-order valence-corrected chi connectivity index (χ0v) is 12.4. The number of carboxylic acids is 1. The molecule has 1 aliphatic carbocycles. The van der Waals surface area contributed by atoms with Crippen LogP contribution in [0.3, 0.4) is 0 Å². The summed E-state index contributed by atoms with van der Waals surface area (Å²) in [6, 6.07) is -0.283. The third-order valence-corrected chi connectivity index (χ3v) is 3.90. The molecule has 1 fully saturated rings. The molecule has 5 nitrogen and oxygen atoms in total. The molecular formula is C14H26N2O3. The normalized spacial score (nSPS) is 23.2. The molecule has 1 rings (SSSR count). The zero-order valence-electron chi connectivity index (χ0n) is 12.4. The minimum Gasteiger partial charge on any atom is -0.480 e. The number of aliphatic carboxylic acids is 1. The predicted molar refractivity (Wildman–Crippen MR) is 74.0 cm³/mol. The van der Waals surface area contributed by atoms with Gasteiger partial charge in [-0.1, -0.05) is 19.8 Å². The average molecular weight is 270 g/mol. The summed E-state index contributed by atoms with van der Waals surface area (Å²) in [4.78, 5) is 24.4. The lowest BCUT2D eigenvalue weighted by atomic mass is 9.98. The standard InChI is InChI=1S/C14H26N2O3/c1-10-6-5-7-11(10)8-15-13(19)16(9-12(17)18)14(2,3)4/h10-11H,5-9H2,1-4H3,(H,15,19)(H,17,18). The van der Waals surface area contributed by atoms with Crippen LogP contribution in [-0.4, -0.2) is 40.6 Å². The van der Waals surface area contributed by atoms with Crippen LogP contribution in [0.2, 0.25) is 0 Å². The van der Waals surface area contributed by atoms with Crippen LogP contribution in [0.4, 0.5) is 4.79 Å². The van der Waals surface area contributed by atoms with Crippen LogP contribution in [0.1, 0.15) is 47.0 Å². The molecule has 0 saturated heterocycles. The second kappa shape index (κ2) is 6.26. The van der Waals surface area contributed by atoms with Crippen molar-refractivity contribution in [3.63, 3.8) is 0 Å². The summed E-state index contributed by atoms with van der Waals surface area (Å²) >= 11 is 0. The van der Waals surface area contributed by atoms with Gasteiger partial charge in [0.2, 0.25) is 0 Å². The van der Waals surface area contributed by atoms with Crippen LogP contribution < -0.4 is 5.32 Å². The van der Waals surface area contributed by atoms with E-state index in [0.29, 0.717) is 18.4 Å². The monoisotopic (exact) mass is 270 g/mol. The first-order chi connectivity index (χ1) is 8.71. The Morgan fingerprint density at radius 3 is 2.37 bits per heavy atom. The van der Waals surface area contributed by atoms with E-state index < -0.39 is 11.5 Å². The Balaban J connectivity index is 2.54. The number of amides is 2. The molecule has 0 aromatic heterocycles. The third kappa shape index (κ3) is 4.73. The quantitative estimate of drug-likeness (QED) is 0.823. The fourth-order valence-electron chi connectivity index (χ4n) is 2.59. The Morgan fingerprint density at radius 1 is 1.32 bits per heavy atom. The molecule has 2 N–H and O–H groups in total. The number of hydrogen-bond acceptors (Lipinski definition) is 2. The molecule has 0 spiro atoms. The Labute approximate surface area is 115 Å². The van der Waals surface area contributed by atoms with Crippen molar-refractivity contribution in [3.8, 4) is 0 Å². The summed E-state index contributed by atoms with van der Waals surface area (Å²) in [7, 11) is 0. The number of rotatable bonds is 4. The fraction of sp³-hybridized carbons (Fsp3) is 0.857. The zero-order chi connectivity index (χ0) is 14.6. The fourth-order valence-corrected chi connectivity index (χ4v) is 2.59. The van der Waals surface area contributed by atoms with Crippen molar-refractivity contribution < 1.29 is 14.7 Å². The molecule has 19 heavy (non-hydrogen) atoms. The number of nitrogens with one attached hydrogen (secondary N) is 1. The Kier molecular flexibility index (Phi) is 5.20. The van der Waals surface area contributed by atoms with E-state index >= 15 is 0 Å². The molecule has 0 aliphatic heterocycles. The minimum absolute atomic E-state index is 0.268. The van der Waals surface area contributed by atoms with E-state index in [1.54, 1.807) is 0 Å². The highest BCUT2D eigenvalue weighted by molar-refractivity contribution is 5.80. The van der Waals surface area contributed by atoms with Crippen molar-refractivity contribution in [2.75, 3.05) is 13.1 Å². The number of nitrogens with zero attached hydrogens (tertiary/aromatic N) is 1. The molecule has 110 valence electrons. The van der Waals surface area contributed by atoms with Crippen molar-refractivity contribution in [1.29, 1.82) is 0 Å². The van der Waals surface area contributed by atoms with Crippen LogP contribution in [0.15, 0.2) is 0 Å². The highest BCUT2D eigenvalue weighted by atomic mass is 16.4. The predicted octanol–water partition coefficient (Wildman–Crippen LogP) is 2.32. The SMILES string of the molecule is CC1CCCC1CNC(=O)N(CC(=O)O)C(C)(C)C. The number of carbonyl (C=O) groups is 2. The minimum atomic E-state index is -0.987. The van der Waals surface area contributed by atoms with Gasteiger partial charge < -0.3 is 15.3 Å². The number of carboxylic acid groups (broad SMARTS) is 1. The van der Waals surface area contributed by atoms with Gasteiger partial charge in [-0.2, -0.15) is 0 Å². The van der Waals surface area contributed by atoms with Gasteiger partial charge in [0.25, 0.3) is 0 Å². The van der Waals surface area contributed by atoms with Crippen LogP contribution in [0.5, 0.6) is 0 Å². The molecule has 0 radical (unpaired) electrons. The van der Waals surface area contributed by atoms with Crippen LogP contribution in [0, 0.1) is 11.8 Å². The number of urea groups is 1. The molecule has 2 amide bonds. The van der Waals surface area contributed by atoms with Gasteiger partial charge in [0, 0.05) is 12.1 Å². The van der Waals surface area contributed by atoms with E-state index in [1.165, 1.54) is 17.7 Å². The Hall–Kier alpha value is -1.26. The number of carbonyl (C=O) groups excluding carboxylic acids is 1. The topological polar surface area (TPSA) is 69.6 Å². The highest BCUT2D eigenvalue weighted by Crippen LogP contribution is 2.30. The summed E-state index contributed by atoms with van der Waals surface area (Å²) in [5.74, 6) is 0.178. The third-order valence-electron chi connectivity index (χ3n) is 3.90. The van der Waals surface area contributed by atoms with Crippen molar-refractivity contribution in [3.05, 3.63) is 0 Å². The molecule has 2 atom stereocenters. The van der Waals surface area contributed by atoms with Crippen LogP contribution in [-0.2, 0) is 4.79 Å².